The molecular formula is C12H21NO2. The maximum atomic E-state index is 11.7. The van der Waals surface area contributed by atoms with Gasteiger partial charge in [0.25, 0.3) is 0 Å². The summed E-state index contributed by atoms with van der Waals surface area (Å²) < 4.78 is 4.92. The lowest BCUT2D eigenvalue weighted by Crippen LogP contribution is -2.46. The van der Waals surface area contributed by atoms with Gasteiger partial charge in [-0.2, -0.15) is 0 Å². The zero-order chi connectivity index (χ0) is 10.8. The normalized spacial score (nSPS) is 33.5. The van der Waals surface area contributed by atoms with Crippen molar-refractivity contribution in [2.75, 3.05) is 27.2 Å². The lowest BCUT2D eigenvalue weighted by molar-refractivity contribution is -0.151. The van der Waals surface area contributed by atoms with E-state index in [-0.39, 0.29) is 11.9 Å². The molecule has 0 aromatic carbocycles. The number of likely N-dealkylation sites (tertiary alicyclic amines) is 1. The summed E-state index contributed by atoms with van der Waals surface area (Å²) in [5, 5.41) is 0. The fraction of sp³-hybridized carbons (Fsp3) is 0.917. The summed E-state index contributed by atoms with van der Waals surface area (Å²) in [5.74, 6) is 1.50. The minimum Gasteiger partial charge on any atom is -0.469 e. The fourth-order valence-corrected chi connectivity index (χ4v) is 2.97. The average molecular weight is 211 g/mol. The molecule has 1 aliphatic heterocycles. The third kappa shape index (κ3) is 2.17. The largest absolute Gasteiger partial charge is 0.469 e. The Kier molecular flexibility index (Phi) is 3.29. The lowest BCUT2D eigenvalue weighted by atomic mass is 9.68. The number of hydrogen-bond donors (Lipinski definition) is 0. The number of carbonyl (C=O) groups is 1. The van der Waals surface area contributed by atoms with Crippen LogP contribution in [0.4, 0.5) is 0 Å². The number of piperidine rings is 1. The van der Waals surface area contributed by atoms with Crippen molar-refractivity contribution < 1.29 is 9.53 Å². The molecule has 0 bridgehead atoms. The second kappa shape index (κ2) is 4.52. The van der Waals surface area contributed by atoms with Gasteiger partial charge in [0, 0.05) is 6.54 Å². The molecule has 3 heteroatoms. The van der Waals surface area contributed by atoms with Gasteiger partial charge in [-0.1, -0.05) is 19.3 Å². The Bertz CT molecular complexity index is 238. The number of esters is 1. The standard InChI is InChI=1S/C12H21NO2/c1-13-7-6-10(9-4-3-5-9)11(8-13)12(14)15-2/h9-11H,3-8H2,1-2H3. The van der Waals surface area contributed by atoms with E-state index < -0.39 is 0 Å². The third-order valence-corrected chi connectivity index (χ3v) is 4.13. The monoisotopic (exact) mass is 211 g/mol. The van der Waals surface area contributed by atoms with E-state index in [2.05, 4.69) is 11.9 Å². The Labute approximate surface area is 91.8 Å². The van der Waals surface area contributed by atoms with Crippen molar-refractivity contribution in [3.8, 4) is 0 Å². The maximum absolute atomic E-state index is 11.7. The van der Waals surface area contributed by atoms with Gasteiger partial charge in [0.05, 0.1) is 13.0 Å². The van der Waals surface area contributed by atoms with Crippen molar-refractivity contribution in [1.82, 2.24) is 4.90 Å². The molecule has 0 spiro atoms. The summed E-state index contributed by atoms with van der Waals surface area (Å²) in [6, 6.07) is 0. The molecule has 2 unspecified atom stereocenters. The molecule has 2 fully saturated rings. The summed E-state index contributed by atoms with van der Waals surface area (Å²) >= 11 is 0. The van der Waals surface area contributed by atoms with Crippen LogP contribution >= 0.6 is 0 Å². The van der Waals surface area contributed by atoms with E-state index in [1.807, 2.05) is 0 Å². The topological polar surface area (TPSA) is 29.5 Å². The van der Waals surface area contributed by atoms with Crippen molar-refractivity contribution in [2.45, 2.75) is 25.7 Å². The highest BCUT2D eigenvalue weighted by Gasteiger charge is 2.40. The van der Waals surface area contributed by atoms with Crippen LogP contribution in [0.2, 0.25) is 0 Å². The Balaban J connectivity index is 2.02. The van der Waals surface area contributed by atoms with Crippen molar-refractivity contribution >= 4 is 5.97 Å². The van der Waals surface area contributed by atoms with Crippen molar-refractivity contribution in [2.24, 2.45) is 17.8 Å². The minimum atomic E-state index is -0.00144. The Hall–Kier alpha value is -0.570. The molecule has 0 aromatic heterocycles. The van der Waals surface area contributed by atoms with Gasteiger partial charge in [0.2, 0.25) is 0 Å². The van der Waals surface area contributed by atoms with Crippen LogP contribution in [0.5, 0.6) is 0 Å². The molecule has 1 saturated carbocycles. The van der Waals surface area contributed by atoms with Crippen LogP contribution in [0.1, 0.15) is 25.7 Å². The molecule has 86 valence electrons. The van der Waals surface area contributed by atoms with E-state index in [0.717, 1.165) is 19.0 Å². The molecule has 2 rings (SSSR count). The third-order valence-electron chi connectivity index (χ3n) is 4.13. The van der Waals surface area contributed by atoms with Crippen LogP contribution in [0.15, 0.2) is 0 Å². The van der Waals surface area contributed by atoms with E-state index in [9.17, 15) is 4.79 Å². The number of hydrogen-bond acceptors (Lipinski definition) is 3. The van der Waals surface area contributed by atoms with Gasteiger partial charge < -0.3 is 9.64 Å². The number of rotatable bonds is 2. The molecule has 15 heavy (non-hydrogen) atoms. The lowest BCUT2D eigenvalue weighted by Gasteiger charge is -2.42. The van der Waals surface area contributed by atoms with Crippen LogP contribution in [0, 0.1) is 17.8 Å². The first-order chi connectivity index (χ1) is 7.22. The smallest absolute Gasteiger partial charge is 0.310 e. The van der Waals surface area contributed by atoms with E-state index >= 15 is 0 Å². The van der Waals surface area contributed by atoms with Gasteiger partial charge in [0.1, 0.15) is 0 Å². The first-order valence-corrected chi connectivity index (χ1v) is 5.98. The fourth-order valence-electron chi connectivity index (χ4n) is 2.97. The Morgan fingerprint density at radius 1 is 1.33 bits per heavy atom. The predicted molar refractivity (Wildman–Crippen MR) is 58.5 cm³/mol. The molecule has 2 aliphatic rings. The molecule has 0 radical (unpaired) electrons. The molecule has 2 atom stereocenters. The predicted octanol–water partition coefficient (Wildman–Crippen LogP) is 1.53. The van der Waals surface area contributed by atoms with E-state index in [4.69, 9.17) is 4.74 Å². The SMILES string of the molecule is COC(=O)C1CN(C)CCC1C1CCC1. The van der Waals surface area contributed by atoms with Crippen molar-refractivity contribution in [1.29, 1.82) is 0 Å². The number of ether oxygens (including phenoxy) is 1. The van der Waals surface area contributed by atoms with Gasteiger partial charge in [-0.05, 0) is 31.8 Å². The quantitative estimate of drug-likeness (QED) is 0.649. The van der Waals surface area contributed by atoms with Crippen LogP contribution in [0.25, 0.3) is 0 Å². The number of methoxy groups -OCH3 is 1. The summed E-state index contributed by atoms with van der Waals surface area (Å²) in [6.07, 6.45) is 5.16. The van der Waals surface area contributed by atoms with E-state index in [0.29, 0.717) is 5.92 Å². The second-order valence-electron chi connectivity index (χ2n) is 5.04. The molecule has 3 nitrogen and oxygen atoms in total. The molecule has 0 N–H and O–H groups in total. The first kappa shape index (κ1) is 10.9. The first-order valence-electron chi connectivity index (χ1n) is 5.98. The molecule has 0 amide bonds. The van der Waals surface area contributed by atoms with E-state index in [1.54, 1.807) is 0 Å². The van der Waals surface area contributed by atoms with Gasteiger partial charge in [0.15, 0.2) is 0 Å². The number of nitrogens with zero attached hydrogens (tertiary/aromatic N) is 1. The van der Waals surface area contributed by atoms with Crippen molar-refractivity contribution in [3.63, 3.8) is 0 Å². The zero-order valence-electron chi connectivity index (χ0n) is 9.74. The number of carbonyl (C=O) groups excluding carboxylic acids is 1. The maximum Gasteiger partial charge on any atom is 0.310 e. The molecular weight excluding hydrogens is 190 g/mol. The van der Waals surface area contributed by atoms with Crippen LogP contribution < -0.4 is 0 Å². The Morgan fingerprint density at radius 3 is 2.60 bits per heavy atom. The van der Waals surface area contributed by atoms with Crippen LogP contribution in [0.3, 0.4) is 0 Å². The molecule has 1 saturated heterocycles. The van der Waals surface area contributed by atoms with Gasteiger partial charge in [-0.25, -0.2) is 0 Å². The van der Waals surface area contributed by atoms with Gasteiger partial charge in [-0.15, -0.1) is 0 Å². The highest BCUT2D eigenvalue weighted by molar-refractivity contribution is 5.73. The average Bonchev–Trinajstić information content (AvgIpc) is 2.17. The summed E-state index contributed by atoms with van der Waals surface area (Å²) in [7, 11) is 3.60. The summed E-state index contributed by atoms with van der Waals surface area (Å²) in [6.45, 7) is 2.02. The van der Waals surface area contributed by atoms with Crippen LogP contribution in [-0.4, -0.2) is 38.1 Å². The van der Waals surface area contributed by atoms with E-state index in [1.165, 1.54) is 32.8 Å². The molecule has 1 heterocycles. The zero-order valence-corrected chi connectivity index (χ0v) is 9.74. The van der Waals surface area contributed by atoms with Gasteiger partial charge >= 0.3 is 5.97 Å². The van der Waals surface area contributed by atoms with Crippen LogP contribution in [-0.2, 0) is 9.53 Å². The minimum absolute atomic E-state index is 0.00144. The Morgan fingerprint density at radius 2 is 2.07 bits per heavy atom. The summed E-state index contributed by atoms with van der Waals surface area (Å²) in [5.41, 5.74) is 0. The van der Waals surface area contributed by atoms with Crippen molar-refractivity contribution in [3.05, 3.63) is 0 Å². The molecule has 1 aliphatic carbocycles. The highest BCUT2D eigenvalue weighted by Crippen LogP contribution is 2.41. The summed E-state index contributed by atoms with van der Waals surface area (Å²) in [4.78, 5) is 14.0. The van der Waals surface area contributed by atoms with Gasteiger partial charge in [-0.3, -0.25) is 4.79 Å². The second-order valence-corrected chi connectivity index (χ2v) is 5.04. The molecule has 0 aromatic rings. The highest BCUT2D eigenvalue weighted by atomic mass is 16.5.